The number of halogens is 4. The molecule has 0 unspecified atom stereocenters. The Hall–Kier alpha value is -1.16. The first-order valence-corrected chi connectivity index (χ1v) is 11.3. The van der Waals surface area contributed by atoms with Gasteiger partial charge < -0.3 is 0 Å². The fraction of sp³-hybridized carbons (Fsp3) is 0.222. The second-order valence-electron chi connectivity index (χ2n) is 6.43. The van der Waals surface area contributed by atoms with E-state index in [1.54, 1.807) is 12.1 Å². The Morgan fingerprint density at radius 3 is 1.67 bits per heavy atom. The van der Waals surface area contributed by atoms with Crippen LogP contribution in [0.4, 0.5) is 8.78 Å². The molecule has 0 N–H and O–H groups in total. The maximum atomic E-state index is 15.2. The van der Waals surface area contributed by atoms with E-state index in [9.17, 15) is 0 Å². The van der Waals surface area contributed by atoms with Gasteiger partial charge in [0.05, 0.1) is 25.2 Å². The van der Waals surface area contributed by atoms with Crippen molar-refractivity contribution in [3.05, 3.63) is 43.5 Å². The van der Waals surface area contributed by atoms with Crippen LogP contribution in [0, 0.1) is 17.6 Å². The molecule has 0 fully saturated rings. The van der Waals surface area contributed by atoms with Crippen molar-refractivity contribution in [1.29, 1.82) is 0 Å². The van der Waals surface area contributed by atoms with E-state index in [1.807, 2.05) is 26.0 Å². The van der Waals surface area contributed by atoms with Crippen molar-refractivity contribution in [3.8, 4) is 20.9 Å². The lowest BCUT2D eigenvalue weighted by molar-refractivity contribution is 0.442. The van der Waals surface area contributed by atoms with Crippen molar-refractivity contribution in [2.45, 2.75) is 20.4 Å². The van der Waals surface area contributed by atoms with Crippen LogP contribution in [0.15, 0.2) is 31.8 Å². The van der Waals surface area contributed by atoms with Gasteiger partial charge in [-0.05, 0) is 62.0 Å². The molecule has 3 nitrogen and oxygen atoms in total. The van der Waals surface area contributed by atoms with Gasteiger partial charge in [-0.3, -0.25) is 0 Å². The van der Waals surface area contributed by atoms with E-state index in [-0.39, 0.29) is 11.1 Å². The average molecular weight is 533 g/mol. The van der Waals surface area contributed by atoms with E-state index in [1.165, 1.54) is 27.5 Å². The van der Waals surface area contributed by atoms with Gasteiger partial charge in [-0.25, -0.2) is 8.78 Å². The van der Waals surface area contributed by atoms with E-state index in [4.69, 9.17) is 0 Å². The minimum Gasteiger partial charge on any atom is -0.203 e. The monoisotopic (exact) mass is 531 g/mol. The van der Waals surface area contributed by atoms with Gasteiger partial charge in [0, 0.05) is 9.75 Å². The maximum Gasteiger partial charge on any atom is 0.170 e. The number of hydrogen-bond donors (Lipinski definition) is 0. The summed E-state index contributed by atoms with van der Waals surface area (Å²) in [6, 6.07) is 7.14. The zero-order valence-electron chi connectivity index (χ0n) is 14.3. The summed E-state index contributed by atoms with van der Waals surface area (Å²) in [4.78, 5) is 2.75. The van der Waals surface area contributed by atoms with E-state index in [0.29, 0.717) is 33.3 Å². The second-order valence-corrected chi connectivity index (χ2v) is 11.4. The quantitative estimate of drug-likeness (QED) is 0.275. The minimum atomic E-state index is -0.895. The molecule has 0 atom stereocenters. The molecule has 9 heteroatoms. The van der Waals surface area contributed by atoms with E-state index < -0.39 is 11.6 Å². The molecule has 140 valence electrons. The minimum absolute atomic E-state index is 0.160. The molecule has 0 aliphatic heterocycles. The first kappa shape index (κ1) is 19.2. The Labute approximate surface area is 179 Å². The Kier molecular flexibility index (Phi) is 5.22. The molecule has 4 aromatic rings. The highest BCUT2D eigenvalue weighted by molar-refractivity contribution is 9.11. The number of aromatic nitrogens is 3. The first-order chi connectivity index (χ1) is 12.8. The predicted octanol–water partition coefficient (Wildman–Crippen LogP) is 7.35. The zero-order valence-corrected chi connectivity index (χ0v) is 19.1. The van der Waals surface area contributed by atoms with Crippen LogP contribution < -0.4 is 0 Å². The first-order valence-electron chi connectivity index (χ1n) is 8.12. The molecule has 27 heavy (non-hydrogen) atoms. The van der Waals surface area contributed by atoms with Gasteiger partial charge in [0.25, 0.3) is 0 Å². The van der Waals surface area contributed by atoms with Crippen LogP contribution in [0.25, 0.3) is 31.9 Å². The molecule has 0 saturated carbocycles. The van der Waals surface area contributed by atoms with E-state index >= 15 is 8.78 Å². The van der Waals surface area contributed by atoms with Crippen LogP contribution >= 0.6 is 54.5 Å². The van der Waals surface area contributed by atoms with Crippen molar-refractivity contribution in [2.75, 3.05) is 0 Å². The zero-order chi connectivity index (χ0) is 19.3. The third-order valence-corrected chi connectivity index (χ3v) is 7.21. The van der Waals surface area contributed by atoms with Gasteiger partial charge in [-0.1, -0.05) is 13.8 Å². The fourth-order valence-electron chi connectivity index (χ4n) is 2.87. The van der Waals surface area contributed by atoms with Crippen LogP contribution in [-0.4, -0.2) is 15.0 Å². The SMILES string of the molecule is CC(C)Cn1nc2c(-c3ccc(Br)s3)c(F)c(F)c(-c3ccc(Br)s3)c2n1. The second kappa shape index (κ2) is 7.35. The average Bonchev–Trinajstić information content (AvgIpc) is 3.29. The van der Waals surface area contributed by atoms with Gasteiger partial charge in [0.2, 0.25) is 0 Å². The summed E-state index contributed by atoms with van der Waals surface area (Å²) in [6.45, 7) is 4.66. The Bertz CT molecular complexity index is 1060. The number of hydrogen-bond acceptors (Lipinski definition) is 4. The smallest absolute Gasteiger partial charge is 0.170 e. The molecular weight excluding hydrogens is 520 g/mol. The van der Waals surface area contributed by atoms with Crippen LogP contribution in [-0.2, 0) is 6.54 Å². The van der Waals surface area contributed by atoms with Crippen LogP contribution in [0.2, 0.25) is 0 Å². The van der Waals surface area contributed by atoms with Crippen molar-refractivity contribution in [1.82, 2.24) is 15.0 Å². The number of benzene rings is 1. The van der Waals surface area contributed by atoms with Crippen molar-refractivity contribution >= 4 is 65.6 Å². The molecule has 4 rings (SSSR count). The third kappa shape index (κ3) is 3.50. The van der Waals surface area contributed by atoms with Crippen LogP contribution in [0.3, 0.4) is 0 Å². The highest BCUT2D eigenvalue weighted by atomic mass is 79.9. The van der Waals surface area contributed by atoms with E-state index in [0.717, 1.165) is 7.57 Å². The highest BCUT2D eigenvalue weighted by Crippen LogP contribution is 2.43. The highest BCUT2D eigenvalue weighted by Gasteiger charge is 2.27. The lowest BCUT2D eigenvalue weighted by atomic mass is 10.0. The maximum absolute atomic E-state index is 15.2. The van der Waals surface area contributed by atoms with Gasteiger partial charge in [0.1, 0.15) is 11.0 Å². The summed E-state index contributed by atoms with van der Waals surface area (Å²) in [7, 11) is 0. The van der Waals surface area contributed by atoms with Gasteiger partial charge >= 0.3 is 0 Å². The number of fused-ring (bicyclic) bond motifs is 1. The molecule has 1 aromatic carbocycles. The third-order valence-electron chi connectivity index (χ3n) is 3.93. The molecule has 0 bridgehead atoms. The van der Waals surface area contributed by atoms with Crippen molar-refractivity contribution in [3.63, 3.8) is 0 Å². The van der Waals surface area contributed by atoms with Crippen molar-refractivity contribution in [2.24, 2.45) is 5.92 Å². The molecule has 0 saturated heterocycles. The predicted molar refractivity (Wildman–Crippen MR) is 114 cm³/mol. The Balaban J connectivity index is 2.07. The lowest BCUT2D eigenvalue weighted by Gasteiger charge is -2.07. The molecule has 3 aromatic heterocycles. The van der Waals surface area contributed by atoms with Gasteiger partial charge in [-0.2, -0.15) is 15.0 Å². The molecule has 0 radical (unpaired) electrons. The Morgan fingerprint density at radius 1 is 0.889 bits per heavy atom. The van der Waals surface area contributed by atoms with Crippen molar-refractivity contribution < 1.29 is 8.78 Å². The van der Waals surface area contributed by atoms with Gasteiger partial charge in [0.15, 0.2) is 11.6 Å². The fourth-order valence-corrected chi connectivity index (χ4v) is 5.72. The van der Waals surface area contributed by atoms with Gasteiger partial charge in [-0.15, -0.1) is 22.7 Å². The standard InChI is InChI=1S/C18H13Br2F2N3S2/c1-8(2)7-25-23-17-13(9-3-5-11(19)26-9)15(21)16(22)14(18(17)24-25)10-4-6-12(20)27-10/h3-6,8H,7H2,1-2H3. The molecule has 0 spiro atoms. The largest absolute Gasteiger partial charge is 0.203 e. The Morgan fingerprint density at radius 2 is 1.33 bits per heavy atom. The molecule has 0 aliphatic rings. The van der Waals surface area contributed by atoms with Crippen LogP contribution in [0.1, 0.15) is 13.8 Å². The summed E-state index contributed by atoms with van der Waals surface area (Å²) >= 11 is 9.44. The van der Waals surface area contributed by atoms with Crippen LogP contribution in [0.5, 0.6) is 0 Å². The molecular formula is C18H13Br2F2N3S2. The lowest BCUT2D eigenvalue weighted by Crippen LogP contribution is -2.07. The molecule has 3 heterocycles. The summed E-state index contributed by atoms with van der Waals surface area (Å²) in [5.41, 5.74) is 1.08. The summed E-state index contributed by atoms with van der Waals surface area (Å²) in [5, 5.41) is 9.03. The molecule has 0 amide bonds. The topological polar surface area (TPSA) is 30.7 Å². The number of rotatable bonds is 4. The summed E-state index contributed by atoms with van der Waals surface area (Å²) < 4.78 is 32.0. The number of nitrogens with zero attached hydrogens (tertiary/aromatic N) is 3. The number of thiophene rings is 2. The van der Waals surface area contributed by atoms with E-state index in [2.05, 4.69) is 42.1 Å². The summed E-state index contributed by atoms with van der Waals surface area (Å²) in [6.07, 6.45) is 0. The molecule has 0 aliphatic carbocycles. The normalized spacial score (nSPS) is 11.8. The summed E-state index contributed by atoms with van der Waals surface area (Å²) in [5.74, 6) is -1.49.